The Labute approximate surface area is 143 Å². The quantitative estimate of drug-likeness (QED) is 0.905. The van der Waals surface area contributed by atoms with E-state index in [1.165, 1.54) is 5.39 Å². The number of amides is 1. The van der Waals surface area contributed by atoms with Gasteiger partial charge in [0.05, 0.1) is 0 Å². The third kappa shape index (κ3) is 3.88. The molecule has 4 heteroatoms. The highest BCUT2D eigenvalue weighted by atomic mass is 16.6. The van der Waals surface area contributed by atoms with Crippen LogP contribution in [-0.2, 0) is 11.3 Å². The normalized spacial score (nSPS) is 15.4. The fraction of sp³-hybridized carbons (Fsp3) is 0.450. The number of carbonyl (C=O) groups is 1. The Kier molecular flexibility index (Phi) is 5.70. The molecule has 24 heavy (non-hydrogen) atoms. The molecule has 4 nitrogen and oxygen atoms in total. The van der Waals surface area contributed by atoms with Crippen molar-refractivity contribution in [3.63, 3.8) is 0 Å². The third-order valence-corrected chi connectivity index (χ3v) is 4.68. The van der Waals surface area contributed by atoms with Crippen molar-refractivity contribution in [2.45, 2.75) is 38.8 Å². The van der Waals surface area contributed by atoms with Crippen molar-refractivity contribution >= 4 is 16.9 Å². The molecule has 1 amide bonds. The molecule has 1 aliphatic heterocycles. The second kappa shape index (κ2) is 8.15. The van der Waals surface area contributed by atoms with Crippen molar-refractivity contribution in [1.29, 1.82) is 0 Å². The summed E-state index contributed by atoms with van der Waals surface area (Å²) in [6.45, 7) is 5.14. The number of ether oxygens (including phenoxy) is 1. The minimum absolute atomic E-state index is 0.184. The van der Waals surface area contributed by atoms with Gasteiger partial charge in [0.2, 0.25) is 0 Å². The molecule has 0 spiro atoms. The maximum Gasteiger partial charge on any atom is 0.410 e. The zero-order valence-corrected chi connectivity index (χ0v) is 14.3. The van der Waals surface area contributed by atoms with E-state index in [9.17, 15) is 4.79 Å². The van der Waals surface area contributed by atoms with Crippen LogP contribution in [0.5, 0.6) is 0 Å². The van der Waals surface area contributed by atoms with Gasteiger partial charge in [-0.3, -0.25) is 0 Å². The van der Waals surface area contributed by atoms with Crippen LogP contribution in [-0.4, -0.2) is 36.7 Å². The van der Waals surface area contributed by atoms with Crippen LogP contribution in [0.3, 0.4) is 0 Å². The zero-order chi connectivity index (χ0) is 16.8. The first-order chi connectivity index (χ1) is 11.8. The first-order valence-electron chi connectivity index (χ1n) is 8.90. The number of piperidine rings is 1. The molecule has 0 atom stereocenters. The lowest BCUT2D eigenvalue weighted by Gasteiger charge is -2.33. The molecule has 0 aliphatic carbocycles. The Hall–Kier alpha value is -2.07. The van der Waals surface area contributed by atoms with Crippen LogP contribution in [0.4, 0.5) is 4.79 Å². The van der Waals surface area contributed by atoms with Gasteiger partial charge in [-0.1, -0.05) is 49.4 Å². The monoisotopic (exact) mass is 326 g/mol. The van der Waals surface area contributed by atoms with E-state index in [0.29, 0.717) is 12.6 Å². The van der Waals surface area contributed by atoms with E-state index >= 15 is 0 Å². The van der Waals surface area contributed by atoms with Crippen LogP contribution < -0.4 is 5.32 Å². The molecule has 128 valence electrons. The van der Waals surface area contributed by atoms with Gasteiger partial charge >= 0.3 is 6.09 Å². The maximum absolute atomic E-state index is 12.6. The highest BCUT2D eigenvalue weighted by Gasteiger charge is 2.25. The molecule has 1 fully saturated rings. The minimum Gasteiger partial charge on any atom is -0.445 e. The van der Waals surface area contributed by atoms with Crippen LogP contribution in [0.1, 0.15) is 31.7 Å². The summed E-state index contributed by atoms with van der Waals surface area (Å²) in [6, 6.07) is 14.6. The van der Waals surface area contributed by atoms with Crippen molar-refractivity contribution in [2.24, 2.45) is 0 Å². The molecular weight excluding hydrogens is 300 g/mol. The fourth-order valence-electron chi connectivity index (χ4n) is 3.42. The molecule has 1 aliphatic rings. The van der Waals surface area contributed by atoms with E-state index in [1.807, 2.05) is 29.2 Å². The van der Waals surface area contributed by atoms with Gasteiger partial charge in [-0.05, 0) is 48.7 Å². The Morgan fingerprint density at radius 2 is 1.92 bits per heavy atom. The largest absolute Gasteiger partial charge is 0.445 e. The molecule has 0 aromatic heterocycles. The molecule has 2 aromatic rings. The molecule has 0 bridgehead atoms. The summed E-state index contributed by atoms with van der Waals surface area (Å²) in [6.07, 6.45) is 2.77. The summed E-state index contributed by atoms with van der Waals surface area (Å²) in [4.78, 5) is 14.5. The predicted molar refractivity (Wildman–Crippen MR) is 97.0 cm³/mol. The Morgan fingerprint density at radius 1 is 1.17 bits per heavy atom. The molecule has 0 saturated carbocycles. The SMILES string of the molecule is CCCN(C(=O)OCc1cccc2ccccc12)C1CCNCC1. The fourth-order valence-corrected chi connectivity index (χ4v) is 3.42. The molecule has 2 aromatic carbocycles. The summed E-state index contributed by atoms with van der Waals surface area (Å²) >= 11 is 0. The first-order valence-corrected chi connectivity index (χ1v) is 8.90. The second-order valence-electron chi connectivity index (χ2n) is 6.37. The number of nitrogens with one attached hydrogen (secondary N) is 1. The van der Waals surface area contributed by atoms with E-state index in [2.05, 4.69) is 30.4 Å². The number of rotatable bonds is 5. The van der Waals surface area contributed by atoms with Crippen LogP contribution in [0.2, 0.25) is 0 Å². The molecule has 0 radical (unpaired) electrons. The molecule has 1 saturated heterocycles. The summed E-state index contributed by atoms with van der Waals surface area (Å²) < 4.78 is 5.67. The lowest BCUT2D eigenvalue weighted by molar-refractivity contribution is 0.0737. The summed E-state index contributed by atoms with van der Waals surface area (Å²) in [5.74, 6) is 0. The lowest BCUT2D eigenvalue weighted by atomic mass is 10.0. The van der Waals surface area contributed by atoms with Crippen molar-refractivity contribution < 1.29 is 9.53 Å². The van der Waals surface area contributed by atoms with Gasteiger partial charge in [0, 0.05) is 12.6 Å². The maximum atomic E-state index is 12.6. The van der Waals surface area contributed by atoms with Gasteiger partial charge < -0.3 is 15.0 Å². The highest BCUT2D eigenvalue weighted by molar-refractivity contribution is 5.85. The van der Waals surface area contributed by atoms with E-state index in [1.54, 1.807) is 0 Å². The second-order valence-corrected chi connectivity index (χ2v) is 6.37. The van der Waals surface area contributed by atoms with Crippen LogP contribution >= 0.6 is 0 Å². The van der Waals surface area contributed by atoms with E-state index in [-0.39, 0.29) is 6.09 Å². The molecule has 3 rings (SSSR count). The average Bonchev–Trinajstić information content (AvgIpc) is 2.65. The number of nitrogens with zero attached hydrogens (tertiary/aromatic N) is 1. The van der Waals surface area contributed by atoms with Gasteiger partial charge in [0.15, 0.2) is 0 Å². The number of hydrogen-bond acceptors (Lipinski definition) is 3. The molecule has 1 N–H and O–H groups in total. The minimum atomic E-state index is -0.184. The van der Waals surface area contributed by atoms with Crippen molar-refractivity contribution in [1.82, 2.24) is 10.2 Å². The summed E-state index contributed by atoms with van der Waals surface area (Å²) in [7, 11) is 0. The van der Waals surface area contributed by atoms with E-state index < -0.39 is 0 Å². The van der Waals surface area contributed by atoms with E-state index in [0.717, 1.165) is 49.8 Å². The highest BCUT2D eigenvalue weighted by Crippen LogP contribution is 2.20. The standard InChI is InChI=1S/C20H26N2O2/c1-2-14-22(18-10-12-21-13-11-18)20(23)24-15-17-8-5-7-16-6-3-4-9-19(16)17/h3-9,18,21H,2,10-15H2,1H3. The van der Waals surface area contributed by atoms with E-state index in [4.69, 9.17) is 4.74 Å². The van der Waals surface area contributed by atoms with Crippen LogP contribution in [0.25, 0.3) is 10.8 Å². The third-order valence-electron chi connectivity index (χ3n) is 4.68. The van der Waals surface area contributed by atoms with Crippen LogP contribution in [0.15, 0.2) is 42.5 Å². The Morgan fingerprint density at radius 3 is 2.71 bits per heavy atom. The average molecular weight is 326 g/mol. The molecule has 0 unspecified atom stereocenters. The van der Waals surface area contributed by atoms with Crippen molar-refractivity contribution in [3.8, 4) is 0 Å². The summed E-state index contributed by atoms with van der Waals surface area (Å²) in [5.41, 5.74) is 1.06. The lowest BCUT2D eigenvalue weighted by Crippen LogP contribution is -2.46. The van der Waals surface area contributed by atoms with Gasteiger partial charge in [-0.25, -0.2) is 4.79 Å². The van der Waals surface area contributed by atoms with Gasteiger partial charge in [0.1, 0.15) is 6.61 Å². The topological polar surface area (TPSA) is 41.6 Å². The van der Waals surface area contributed by atoms with Gasteiger partial charge in [0.25, 0.3) is 0 Å². The Bertz CT molecular complexity index is 675. The number of carbonyl (C=O) groups excluding carboxylic acids is 1. The zero-order valence-electron chi connectivity index (χ0n) is 14.3. The Balaban J connectivity index is 1.68. The van der Waals surface area contributed by atoms with Gasteiger partial charge in [-0.2, -0.15) is 0 Å². The molecule has 1 heterocycles. The number of fused-ring (bicyclic) bond motifs is 1. The number of hydrogen-bond donors (Lipinski definition) is 1. The summed E-state index contributed by atoms with van der Waals surface area (Å²) in [5, 5.41) is 5.68. The van der Waals surface area contributed by atoms with Crippen molar-refractivity contribution in [2.75, 3.05) is 19.6 Å². The molecular formula is C20H26N2O2. The van der Waals surface area contributed by atoms with Crippen LogP contribution in [0, 0.1) is 0 Å². The smallest absolute Gasteiger partial charge is 0.410 e. The number of benzene rings is 2. The predicted octanol–water partition coefficient (Wildman–Crippen LogP) is 3.94. The van der Waals surface area contributed by atoms with Gasteiger partial charge in [-0.15, -0.1) is 0 Å². The van der Waals surface area contributed by atoms with Crippen molar-refractivity contribution in [3.05, 3.63) is 48.0 Å². The first kappa shape index (κ1) is 16.8.